The molecule has 0 saturated carbocycles. The van der Waals surface area contributed by atoms with Gasteiger partial charge in [-0.2, -0.15) is 0 Å². The number of rotatable bonds is 3. The third-order valence-corrected chi connectivity index (χ3v) is 6.83. The van der Waals surface area contributed by atoms with Crippen molar-refractivity contribution in [3.8, 4) is 11.5 Å². The van der Waals surface area contributed by atoms with Crippen LogP contribution in [0.5, 0.6) is 11.5 Å². The van der Waals surface area contributed by atoms with Crippen LogP contribution in [-0.4, -0.2) is 58.3 Å². The number of hydrogen-bond acceptors (Lipinski definition) is 5. The summed E-state index contributed by atoms with van der Waals surface area (Å²) in [5.41, 5.74) is 1.39. The lowest BCUT2D eigenvalue weighted by Gasteiger charge is -2.51. The van der Waals surface area contributed by atoms with Crippen LogP contribution in [-0.2, 0) is 6.54 Å². The first-order valence-corrected chi connectivity index (χ1v) is 9.73. The van der Waals surface area contributed by atoms with Crippen molar-refractivity contribution in [3.05, 3.63) is 42.0 Å². The molecule has 4 saturated heterocycles. The average Bonchev–Trinajstić information content (AvgIpc) is 3.43. The molecule has 6 heterocycles. The van der Waals surface area contributed by atoms with Crippen molar-refractivity contribution in [3.63, 3.8) is 0 Å². The molecule has 1 aromatic carbocycles. The third kappa shape index (κ3) is 2.21. The van der Waals surface area contributed by atoms with Gasteiger partial charge in [0.25, 0.3) is 0 Å². The normalized spacial score (nSPS) is 35.0. The van der Waals surface area contributed by atoms with E-state index in [-0.39, 0.29) is 0 Å². The fraction of sp³-hybridized carbons (Fsp3) is 0.550. The van der Waals surface area contributed by atoms with Gasteiger partial charge in [0.2, 0.25) is 6.79 Å². The van der Waals surface area contributed by atoms with Gasteiger partial charge in [-0.25, -0.2) is 4.98 Å². The summed E-state index contributed by atoms with van der Waals surface area (Å²) in [6.45, 7) is 4.85. The van der Waals surface area contributed by atoms with Crippen molar-refractivity contribution >= 4 is 0 Å². The second kappa shape index (κ2) is 5.72. The molecule has 0 radical (unpaired) electrons. The van der Waals surface area contributed by atoms with Gasteiger partial charge in [-0.1, -0.05) is 6.07 Å². The predicted molar refractivity (Wildman–Crippen MR) is 96.2 cm³/mol. The maximum absolute atomic E-state index is 5.64. The Morgan fingerprint density at radius 2 is 2.00 bits per heavy atom. The molecule has 2 bridgehead atoms. The van der Waals surface area contributed by atoms with Gasteiger partial charge >= 0.3 is 0 Å². The number of nitrogens with one attached hydrogen (secondary N) is 1. The summed E-state index contributed by atoms with van der Waals surface area (Å²) < 4.78 is 11.2. The fourth-order valence-corrected chi connectivity index (χ4v) is 5.74. The molecule has 136 valence electrons. The summed E-state index contributed by atoms with van der Waals surface area (Å²) in [5, 5.41) is 0. The molecule has 2 aromatic rings. The van der Waals surface area contributed by atoms with Gasteiger partial charge in [-0.15, -0.1) is 0 Å². The Labute approximate surface area is 153 Å². The van der Waals surface area contributed by atoms with E-state index in [2.05, 4.69) is 38.0 Å². The van der Waals surface area contributed by atoms with Gasteiger partial charge in [0, 0.05) is 36.9 Å². The van der Waals surface area contributed by atoms with Crippen LogP contribution in [0.1, 0.15) is 30.1 Å². The zero-order valence-corrected chi connectivity index (χ0v) is 14.8. The van der Waals surface area contributed by atoms with Crippen molar-refractivity contribution in [2.45, 2.75) is 37.4 Å². The minimum Gasteiger partial charge on any atom is -0.454 e. The Kier molecular flexibility index (Phi) is 3.31. The van der Waals surface area contributed by atoms with Gasteiger partial charge in [0.15, 0.2) is 11.5 Å². The Morgan fingerprint density at radius 1 is 1.12 bits per heavy atom. The van der Waals surface area contributed by atoms with Crippen LogP contribution in [0.15, 0.2) is 30.6 Å². The monoisotopic (exact) mass is 352 g/mol. The molecule has 6 heteroatoms. The topological polar surface area (TPSA) is 53.6 Å². The fourth-order valence-electron chi connectivity index (χ4n) is 5.74. The standard InChI is InChI=1S/C20H24N4O2/c1-2-16-17(26-12-25-16)9-14(1)15-10-24(11-18-21-5-6-22-18)19-13-3-7-23(8-4-13)20(15)19/h1-2,5-6,9,13,15,19-20H,3-4,7-8,10-12H2,(H,21,22)/t15-,19-,20-/m1/s1. The molecule has 7 rings (SSSR count). The van der Waals surface area contributed by atoms with Crippen LogP contribution >= 0.6 is 0 Å². The first-order chi connectivity index (χ1) is 12.9. The maximum atomic E-state index is 5.64. The lowest BCUT2D eigenvalue weighted by atomic mass is 9.75. The molecule has 5 aliphatic heterocycles. The Morgan fingerprint density at radius 3 is 2.85 bits per heavy atom. The first-order valence-electron chi connectivity index (χ1n) is 9.73. The molecule has 0 spiro atoms. The number of H-pyrrole nitrogens is 1. The van der Waals surface area contributed by atoms with Crippen molar-refractivity contribution < 1.29 is 9.47 Å². The van der Waals surface area contributed by atoms with Gasteiger partial charge in [-0.3, -0.25) is 9.80 Å². The van der Waals surface area contributed by atoms with Crippen molar-refractivity contribution in [2.24, 2.45) is 5.92 Å². The summed E-state index contributed by atoms with van der Waals surface area (Å²) in [6, 6.07) is 7.79. The van der Waals surface area contributed by atoms with E-state index in [0.29, 0.717) is 24.8 Å². The van der Waals surface area contributed by atoms with Crippen molar-refractivity contribution in [1.82, 2.24) is 19.8 Å². The van der Waals surface area contributed by atoms with Gasteiger partial charge in [0.05, 0.1) is 6.54 Å². The van der Waals surface area contributed by atoms with Crippen LogP contribution in [0.25, 0.3) is 0 Å². The Bertz CT molecular complexity index is 800. The first kappa shape index (κ1) is 15.1. The van der Waals surface area contributed by atoms with E-state index in [1.165, 1.54) is 31.5 Å². The minimum atomic E-state index is 0.342. The van der Waals surface area contributed by atoms with Crippen LogP contribution < -0.4 is 9.47 Å². The van der Waals surface area contributed by atoms with E-state index in [1.807, 2.05) is 12.4 Å². The molecule has 1 aromatic heterocycles. The number of aromatic amines is 1. The Hall–Kier alpha value is -2.05. The predicted octanol–water partition coefficient (Wildman–Crippen LogP) is 2.20. The van der Waals surface area contributed by atoms with Crippen LogP contribution in [0, 0.1) is 5.92 Å². The van der Waals surface area contributed by atoms with E-state index in [1.54, 1.807) is 0 Å². The molecule has 4 fully saturated rings. The van der Waals surface area contributed by atoms with Crippen LogP contribution in [0.2, 0.25) is 0 Å². The summed E-state index contributed by atoms with van der Waals surface area (Å²) >= 11 is 0. The number of piperidine rings is 3. The molecule has 0 unspecified atom stereocenters. The highest BCUT2D eigenvalue weighted by Gasteiger charge is 2.53. The summed E-state index contributed by atoms with van der Waals surface area (Å²) in [5.74, 6) is 4.19. The van der Waals surface area contributed by atoms with E-state index in [4.69, 9.17) is 9.47 Å². The van der Waals surface area contributed by atoms with Gasteiger partial charge in [-0.05, 0) is 49.5 Å². The van der Waals surface area contributed by atoms with Gasteiger partial charge < -0.3 is 14.5 Å². The number of likely N-dealkylation sites (tertiary alicyclic amines) is 1. The number of benzene rings is 1. The largest absolute Gasteiger partial charge is 0.454 e. The maximum Gasteiger partial charge on any atom is 0.231 e. The minimum absolute atomic E-state index is 0.342. The van der Waals surface area contributed by atoms with Gasteiger partial charge in [0.1, 0.15) is 5.82 Å². The number of fused-ring (bicyclic) bond motifs is 3. The summed E-state index contributed by atoms with van der Waals surface area (Å²) in [7, 11) is 0. The highest BCUT2D eigenvalue weighted by molar-refractivity contribution is 5.46. The molecular weight excluding hydrogens is 328 g/mol. The number of nitrogens with zero attached hydrogens (tertiary/aromatic N) is 3. The second-order valence-corrected chi connectivity index (χ2v) is 8.04. The molecule has 6 nitrogen and oxygen atoms in total. The van der Waals surface area contributed by atoms with Crippen LogP contribution in [0.4, 0.5) is 0 Å². The average molecular weight is 352 g/mol. The van der Waals surface area contributed by atoms with E-state index < -0.39 is 0 Å². The third-order valence-electron chi connectivity index (χ3n) is 6.83. The zero-order chi connectivity index (χ0) is 17.1. The molecule has 0 amide bonds. The molecule has 5 aliphatic rings. The van der Waals surface area contributed by atoms with E-state index >= 15 is 0 Å². The number of imidazole rings is 1. The molecule has 26 heavy (non-hydrogen) atoms. The van der Waals surface area contributed by atoms with Crippen molar-refractivity contribution in [1.29, 1.82) is 0 Å². The number of ether oxygens (including phenoxy) is 2. The highest BCUT2D eigenvalue weighted by Crippen LogP contribution is 2.48. The van der Waals surface area contributed by atoms with E-state index in [0.717, 1.165) is 36.3 Å². The molecule has 3 atom stereocenters. The lowest BCUT2D eigenvalue weighted by Crippen LogP contribution is -2.60. The van der Waals surface area contributed by atoms with E-state index in [9.17, 15) is 0 Å². The zero-order valence-electron chi connectivity index (χ0n) is 14.8. The summed E-state index contributed by atoms with van der Waals surface area (Å²) in [6.07, 6.45) is 6.46. The summed E-state index contributed by atoms with van der Waals surface area (Å²) in [4.78, 5) is 13.2. The quantitative estimate of drug-likeness (QED) is 0.918. The molecule has 1 N–H and O–H groups in total. The number of aromatic nitrogens is 2. The number of hydrogen-bond donors (Lipinski definition) is 1. The smallest absolute Gasteiger partial charge is 0.231 e. The SMILES string of the molecule is c1c[nH]c(CN2C[C@H](c3ccc4c(c3)OCO4)[C@@H]3[C@H]2C2CCN3CC2)n1. The highest BCUT2D eigenvalue weighted by atomic mass is 16.7. The van der Waals surface area contributed by atoms with Crippen molar-refractivity contribution in [2.75, 3.05) is 26.4 Å². The lowest BCUT2D eigenvalue weighted by molar-refractivity contribution is -0.00924. The molecular formula is C20H24N4O2. The van der Waals surface area contributed by atoms with Crippen LogP contribution in [0.3, 0.4) is 0 Å². The Balaban J connectivity index is 1.36. The molecule has 0 aliphatic carbocycles. The second-order valence-electron chi connectivity index (χ2n) is 8.04.